The Balaban J connectivity index is 2.27. The Kier molecular flexibility index (Phi) is 3.59. The summed E-state index contributed by atoms with van der Waals surface area (Å²) in [5.41, 5.74) is 2.24. The minimum atomic E-state index is 0.271. The maximum atomic E-state index is 4.47. The predicted octanol–water partition coefficient (Wildman–Crippen LogP) is 2.99. The van der Waals surface area contributed by atoms with Crippen LogP contribution in [0.15, 0.2) is 36.5 Å². The number of nitrogens with one attached hydrogen (secondary N) is 2. The first-order chi connectivity index (χ1) is 8.22. The molecule has 3 nitrogen and oxygen atoms in total. The SMILES string of the molecule is CNC(c1ncc(-c2ccccc2)[nH]1)C(C)C. The number of rotatable bonds is 4. The highest BCUT2D eigenvalue weighted by Gasteiger charge is 2.16. The third-order valence-electron chi connectivity index (χ3n) is 2.95. The molecule has 17 heavy (non-hydrogen) atoms. The van der Waals surface area contributed by atoms with E-state index in [-0.39, 0.29) is 6.04 Å². The molecule has 0 saturated carbocycles. The van der Waals surface area contributed by atoms with E-state index in [0.717, 1.165) is 11.5 Å². The highest BCUT2D eigenvalue weighted by molar-refractivity contribution is 5.58. The van der Waals surface area contributed by atoms with E-state index in [0.29, 0.717) is 5.92 Å². The minimum absolute atomic E-state index is 0.271. The average Bonchev–Trinajstić information content (AvgIpc) is 2.80. The van der Waals surface area contributed by atoms with Gasteiger partial charge in [0, 0.05) is 0 Å². The van der Waals surface area contributed by atoms with Crippen LogP contribution in [-0.4, -0.2) is 17.0 Å². The van der Waals surface area contributed by atoms with E-state index in [2.05, 4.69) is 41.3 Å². The lowest BCUT2D eigenvalue weighted by Crippen LogP contribution is -2.22. The van der Waals surface area contributed by atoms with Crippen LogP contribution in [0.1, 0.15) is 25.7 Å². The van der Waals surface area contributed by atoms with Crippen LogP contribution in [0.4, 0.5) is 0 Å². The van der Waals surface area contributed by atoms with E-state index >= 15 is 0 Å². The summed E-state index contributed by atoms with van der Waals surface area (Å²) in [6.07, 6.45) is 1.90. The Morgan fingerprint density at radius 2 is 1.88 bits per heavy atom. The lowest BCUT2D eigenvalue weighted by atomic mass is 10.0. The van der Waals surface area contributed by atoms with Gasteiger partial charge >= 0.3 is 0 Å². The van der Waals surface area contributed by atoms with Crippen molar-refractivity contribution in [2.75, 3.05) is 7.05 Å². The predicted molar refractivity (Wildman–Crippen MR) is 70.7 cm³/mol. The maximum Gasteiger partial charge on any atom is 0.123 e. The van der Waals surface area contributed by atoms with Crippen molar-refractivity contribution in [3.63, 3.8) is 0 Å². The van der Waals surface area contributed by atoms with Gasteiger partial charge in [-0.25, -0.2) is 4.98 Å². The Bertz CT molecular complexity index is 459. The second-order valence-electron chi connectivity index (χ2n) is 4.56. The first-order valence-electron chi connectivity index (χ1n) is 6.00. The molecule has 0 radical (unpaired) electrons. The van der Waals surface area contributed by atoms with Crippen LogP contribution < -0.4 is 5.32 Å². The summed E-state index contributed by atoms with van der Waals surface area (Å²) in [5.74, 6) is 1.51. The molecule has 0 aliphatic heterocycles. The van der Waals surface area contributed by atoms with Gasteiger partial charge in [0.2, 0.25) is 0 Å². The van der Waals surface area contributed by atoms with Crippen molar-refractivity contribution in [3.05, 3.63) is 42.4 Å². The molecule has 2 rings (SSSR count). The van der Waals surface area contributed by atoms with Crippen molar-refractivity contribution in [2.24, 2.45) is 5.92 Å². The second-order valence-corrected chi connectivity index (χ2v) is 4.56. The number of benzene rings is 1. The van der Waals surface area contributed by atoms with Crippen molar-refractivity contribution >= 4 is 0 Å². The number of nitrogens with zero attached hydrogens (tertiary/aromatic N) is 1. The van der Waals surface area contributed by atoms with Gasteiger partial charge in [-0.05, 0) is 18.5 Å². The van der Waals surface area contributed by atoms with Gasteiger partial charge in [0.1, 0.15) is 5.82 Å². The van der Waals surface area contributed by atoms with Gasteiger partial charge in [0.25, 0.3) is 0 Å². The quantitative estimate of drug-likeness (QED) is 0.846. The Labute approximate surface area is 102 Å². The van der Waals surface area contributed by atoms with Gasteiger partial charge in [0.05, 0.1) is 17.9 Å². The molecule has 1 heterocycles. The fraction of sp³-hybridized carbons (Fsp3) is 0.357. The second kappa shape index (κ2) is 5.15. The summed E-state index contributed by atoms with van der Waals surface area (Å²) < 4.78 is 0. The third kappa shape index (κ3) is 2.56. The molecule has 2 N–H and O–H groups in total. The molecule has 2 aromatic rings. The molecule has 0 fully saturated rings. The van der Waals surface area contributed by atoms with Crippen molar-refractivity contribution in [1.29, 1.82) is 0 Å². The van der Waals surface area contributed by atoms with E-state index < -0.39 is 0 Å². The molecule has 0 spiro atoms. The van der Waals surface area contributed by atoms with Crippen LogP contribution in [0.5, 0.6) is 0 Å². The third-order valence-corrected chi connectivity index (χ3v) is 2.95. The zero-order valence-electron chi connectivity index (χ0n) is 10.6. The molecule has 3 heteroatoms. The molecule has 0 aliphatic carbocycles. The van der Waals surface area contributed by atoms with Gasteiger partial charge in [-0.1, -0.05) is 44.2 Å². The topological polar surface area (TPSA) is 40.7 Å². The number of aromatic nitrogens is 2. The zero-order valence-corrected chi connectivity index (χ0v) is 10.6. The average molecular weight is 229 g/mol. The zero-order chi connectivity index (χ0) is 12.3. The van der Waals surface area contributed by atoms with Crippen molar-refractivity contribution in [3.8, 4) is 11.3 Å². The first-order valence-corrected chi connectivity index (χ1v) is 6.00. The van der Waals surface area contributed by atoms with E-state index in [9.17, 15) is 0 Å². The lowest BCUT2D eigenvalue weighted by molar-refractivity contribution is 0.426. The van der Waals surface area contributed by atoms with E-state index in [1.165, 1.54) is 5.56 Å². The van der Waals surface area contributed by atoms with Crippen molar-refractivity contribution < 1.29 is 0 Å². The summed E-state index contributed by atoms with van der Waals surface area (Å²) in [5, 5.41) is 3.29. The van der Waals surface area contributed by atoms with Crippen LogP contribution in [0.2, 0.25) is 0 Å². The summed E-state index contributed by atoms with van der Waals surface area (Å²) >= 11 is 0. The molecule has 0 amide bonds. The molecular weight excluding hydrogens is 210 g/mol. The summed E-state index contributed by atoms with van der Waals surface area (Å²) in [6, 6.07) is 10.5. The molecule has 1 aromatic carbocycles. The van der Waals surface area contributed by atoms with Gasteiger partial charge < -0.3 is 10.3 Å². The van der Waals surface area contributed by atoms with Crippen molar-refractivity contribution in [1.82, 2.24) is 15.3 Å². The molecule has 0 bridgehead atoms. The Hall–Kier alpha value is -1.61. The molecule has 0 aliphatic rings. The minimum Gasteiger partial charge on any atom is -0.341 e. The molecule has 1 atom stereocenters. The fourth-order valence-corrected chi connectivity index (χ4v) is 2.04. The van der Waals surface area contributed by atoms with E-state index in [1.807, 2.05) is 31.4 Å². The summed E-state index contributed by atoms with van der Waals surface area (Å²) in [6.45, 7) is 4.37. The van der Waals surface area contributed by atoms with Gasteiger partial charge in [0.15, 0.2) is 0 Å². The van der Waals surface area contributed by atoms with E-state index in [4.69, 9.17) is 0 Å². The molecule has 1 aromatic heterocycles. The van der Waals surface area contributed by atoms with Gasteiger partial charge in [-0.3, -0.25) is 0 Å². The van der Waals surface area contributed by atoms with Crippen LogP contribution in [0.3, 0.4) is 0 Å². The van der Waals surface area contributed by atoms with Gasteiger partial charge in [-0.15, -0.1) is 0 Å². The number of hydrogen-bond donors (Lipinski definition) is 2. The maximum absolute atomic E-state index is 4.47. The standard InChI is InChI=1S/C14H19N3/c1-10(2)13(15-3)14-16-9-12(17-14)11-7-5-4-6-8-11/h4-10,13,15H,1-3H3,(H,16,17). The van der Waals surface area contributed by atoms with Crippen LogP contribution in [-0.2, 0) is 0 Å². The normalized spacial score (nSPS) is 12.9. The van der Waals surface area contributed by atoms with Gasteiger partial charge in [-0.2, -0.15) is 0 Å². The van der Waals surface area contributed by atoms with Crippen molar-refractivity contribution in [2.45, 2.75) is 19.9 Å². The number of H-pyrrole nitrogens is 1. The monoisotopic (exact) mass is 229 g/mol. The molecule has 1 unspecified atom stereocenters. The molecule has 90 valence electrons. The van der Waals surface area contributed by atoms with Crippen LogP contribution in [0.25, 0.3) is 11.3 Å². The number of imidazole rings is 1. The Morgan fingerprint density at radius 1 is 1.18 bits per heavy atom. The van der Waals surface area contributed by atoms with E-state index in [1.54, 1.807) is 0 Å². The Morgan fingerprint density at radius 3 is 2.47 bits per heavy atom. The smallest absolute Gasteiger partial charge is 0.123 e. The fourth-order valence-electron chi connectivity index (χ4n) is 2.04. The largest absolute Gasteiger partial charge is 0.341 e. The van der Waals surface area contributed by atoms with Crippen LogP contribution >= 0.6 is 0 Å². The molecule has 0 saturated heterocycles. The summed E-state index contributed by atoms with van der Waals surface area (Å²) in [4.78, 5) is 7.86. The van der Waals surface area contributed by atoms with Crippen LogP contribution in [0, 0.1) is 5.92 Å². The lowest BCUT2D eigenvalue weighted by Gasteiger charge is -2.17. The highest BCUT2D eigenvalue weighted by Crippen LogP contribution is 2.22. The number of aromatic amines is 1. The molecular formula is C14H19N3. The summed E-state index contributed by atoms with van der Waals surface area (Å²) in [7, 11) is 1.97. The highest BCUT2D eigenvalue weighted by atomic mass is 15.0. The first kappa shape index (κ1) is 11.9. The number of hydrogen-bond acceptors (Lipinski definition) is 2.